The lowest BCUT2D eigenvalue weighted by Gasteiger charge is -2.24. The normalized spacial score (nSPS) is 15.3. The predicted octanol–water partition coefficient (Wildman–Crippen LogP) is 8.77. The van der Waals surface area contributed by atoms with Gasteiger partial charge in [0.1, 0.15) is 17.0 Å². The van der Waals surface area contributed by atoms with Gasteiger partial charge in [-0.15, -0.1) is 0 Å². The summed E-state index contributed by atoms with van der Waals surface area (Å²) in [5.74, 6) is -1.02. The predicted molar refractivity (Wildman–Crippen MR) is 193 cm³/mol. The van der Waals surface area contributed by atoms with Crippen LogP contribution in [0.4, 0.5) is 4.39 Å². The molecule has 6 aromatic rings. The van der Waals surface area contributed by atoms with Crippen molar-refractivity contribution in [3.63, 3.8) is 0 Å². The number of thioether (sulfide) groups is 1. The third-order valence-electron chi connectivity index (χ3n) is 8.03. The zero-order valence-electron chi connectivity index (χ0n) is 25.7. The van der Waals surface area contributed by atoms with E-state index in [1.807, 2.05) is 37.3 Å². The zero-order chi connectivity index (χ0) is 34.2. The first kappa shape index (κ1) is 32.3. The second-order valence-corrected chi connectivity index (χ2v) is 13.2. The third-order valence-corrected chi connectivity index (χ3v) is 9.94. The highest BCUT2D eigenvalue weighted by atomic mass is 35.5. The molecule has 1 aliphatic rings. The van der Waals surface area contributed by atoms with Crippen LogP contribution in [0.5, 0.6) is 0 Å². The molecule has 1 unspecified atom stereocenters. The molecule has 1 saturated heterocycles. The van der Waals surface area contributed by atoms with Crippen LogP contribution in [0.25, 0.3) is 34.1 Å². The van der Waals surface area contributed by atoms with Crippen molar-refractivity contribution in [1.29, 1.82) is 0 Å². The largest absolute Gasteiger partial charge is 0.280 e. The number of para-hydroxylation sites is 1. The van der Waals surface area contributed by atoms with Crippen LogP contribution in [0.15, 0.2) is 125 Å². The molecule has 49 heavy (non-hydrogen) atoms. The van der Waals surface area contributed by atoms with E-state index in [0.29, 0.717) is 43.6 Å². The number of fused-ring (bicyclic) bond motifs is 1. The molecule has 0 bridgehead atoms. The number of carbonyl (C=O) groups excluding carboxylic acids is 2. The molecule has 11 heteroatoms. The lowest BCUT2D eigenvalue weighted by atomic mass is 10.1. The average molecular weight is 708 g/mol. The fourth-order valence-electron chi connectivity index (χ4n) is 5.48. The van der Waals surface area contributed by atoms with Gasteiger partial charge in [0.25, 0.3) is 17.4 Å². The molecular formula is C38H25Cl2FN4O3S. The summed E-state index contributed by atoms with van der Waals surface area (Å²) in [5, 5.41) is 1.68. The van der Waals surface area contributed by atoms with E-state index in [1.165, 1.54) is 33.5 Å². The van der Waals surface area contributed by atoms with Gasteiger partial charge in [0.05, 0.1) is 21.5 Å². The Kier molecular flexibility index (Phi) is 8.81. The smallest absolute Gasteiger partial charge is 0.268 e. The first-order valence-electron chi connectivity index (χ1n) is 15.1. The van der Waals surface area contributed by atoms with Crippen molar-refractivity contribution in [1.82, 2.24) is 20.0 Å². The maximum Gasteiger partial charge on any atom is 0.280 e. The summed E-state index contributed by atoms with van der Waals surface area (Å²) in [6.45, 7) is 1.98. The monoisotopic (exact) mass is 706 g/mol. The van der Waals surface area contributed by atoms with Gasteiger partial charge in [0, 0.05) is 26.7 Å². The van der Waals surface area contributed by atoms with Gasteiger partial charge in [-0.2, -0.15) is 0 Å². The fraction of sp³-hybridized carbons (Fsp3) is 0.0526. The average Bonchev–Trinajstić information content (AvgIpc) is 3.41. The fourth-order valence-corrected chi connectivity index (χ4v) is 7.16. The van der Waals surface area contributed by atoms with Crippen LogP contribution >= 0.6 is 35.0 Å². The minimum Gasteiger partial charge on any atom is -0.268 e. The van der Waals surface area contributed by atoms with Gasteiger partial charge in [-0.1, -0.05) is 95.1 Å². The molecule has 7 rings (SSSR count). The van der Waals surface area contributed by atoms with Gasteiger partial charge < -0.3 is 0 Å². The van der Waals surface area contributed by atoms with Crippen LogP contribution in [-0.2, 0) is 4.79 Å². The van der Waals surface area contributed by atoms with Crippen molar-refractivity contribution in [3.8, 4) is 17.1 Å². The first-order valence-corrected chi connectivity index (χ1v) is 16.7. The standard InChI is InChI=1S/C38H25Cl2FN4O3S/c1-22-9-11-23(12-10-22)34-42-32-8-3-2-5-28(32)36(47)44(34)27-19-15-24(16-20-27)35(46)43-45-37(48)33(21-29-30(39)6-4-7-31(29)40)49-38(45)25-13-17-26(41)18-14-25/h2-21,38H,1H3,(H,43,46)/b33-21-. The van der Waals surface area contributed by atoms with Crippen LogP contribution in [0, 0.1) is 12.7 Å². The summed E-state index contributed by atoms with van der Waals surface area (Å²) in [7, 11) is 0. The van der Waals surface area contributed by atoms with Crippen LogP contribution in [0.1, 0.15) is 32.4 Å². The van der Waals surface area contributed by atoms with Gasteiger partial charge >= 0.3 is 0 Å². The second kappa shape index (κ2) is 13.4. The molecule has 1 atom stereocenters. The van der Waals surface area contributed by atoms with E-state index in [0.717, 1.165) is 11.1 Å². The highest BCUT2D eigenvalue weighted by molar-refractivity contribution is 8.04. The van der Waals surface area contributed by atoms with E-state index in [1.54, 1.807) is 78.9 Å². The van der Waals surface area contributed by atoms with Crippen molar-refractivity contribution in [2.24, 2.45) is 0 Å². The Morgan fingerprint density at radius 1 is 0.857 bits per heavy atom. The Morgan fingerprint density at radius 3 is 2.22 bits per heavy atom. The molecule has 7 nitrogen and oxygen atoms in total. The van der Waals surface area contributed by atoms with Gasteiger partial charge in [-0.25, -0.2) is 14.4 Å². The molecule has 0 radical (unpaired) electrons. The van der Waals surface area contributed by atoms with E-state index in [4.69, 9.17) is 28.2 Å². The summed E-state index contributed by atoms with van der Waals surface area (Å²) in [6, 6.07) is 32.1. The SMILES string of the molecule is Cc1ccc(-c2nc3ccccc3c(=O)n2-c2ccc(C(=O)NN3C(=O)/C(=C/c4c(Cl)cccc4Cl)SC3c3ccc(F)cc3)cc2)cc1. The number of hydrogen-bond donors (Lipinski definition) is 1. The highest BCUT2D eigenvalue weighted by Gasteiger charge is 2.39. The summed E-state index contributed by atoms with van der Waals surface area (Å²) in [6.07, 6.45) is 1.58. The van der Waals surface area contributed by atoms with Gasteiger partial charge in [-0.3, -0.25) is 24.4 Å². The number of carbonyl (C=O) groups is 2. The number of rotatable bonds is 6. The first-order chi connectivity index (χ1) is 23.7. The summed E-state index contributed by atoms with van der Waals surface area (Å²) < 4.78 is 15.3. The summed E-state index contributed by atoms with van der Waals surface area (Å²) in [5.41, 5.74) is 6.69. The molecule has 1 aromatic heterocycles. The molecule has 0 saturated carbocycles. The number of hydrogen-bond acceptors (Lipinski definition) is 5. The number of amides is 2. The Bertz CT molecular complexity index is 2320. The molecule has 0 aliphatic carbocycles. The topological polar surface area (TPSA) is 84.3 Å². The lowest BCUT2D eigenvalue weighted by molar-refractivity contribution is -0.128. The van der Waals surface area contributed by atoms with Crippen LogP contribution in [0.2, 0.25) is 10.0 Å². The van der Waals surface area contributed by atoms with E-state index in [9.17, 15) is 18.8 Å². The molecule has 242 valence electrons. The highest BCUT2D eigenvalue weighted by Crippen LogP contribution is 2.46. The summed E-state index contributed by atoms with van der Waals surface area (Å²) >= 11 is 13.9. The van der Waals surface area contributed by atoms with Crippen molar-refractivity contribution in [2.75, 3.05) is 0 Å². The molecule has 2 heterocycles. The van der Waals surface area contributed by atoms with Crippen molar-refractivity contribution >= 4 is 63.8 Å². The van der Waals surface area contributed by atoms with Crippen LogP contribution < -0.4 is 11.0 Å². The minimum absolute atomic E-state index is 0.240. The Hall–Kier alpha value is -5.22. The molecule has 5 aromatic carbocycles. The maximum absolute atomic E-state index is 13.8. The molecule has 0 spiro atoms. The van der Waals surface area contributed by atoms with E-state index < -0.39 is 23.0 Å². The number of nitrogens with one attached hydrogen (secondary N) is 1. The molecule has 2 amide bonds. The number of aromatic nitrogens is 2. The molecular weight excluding hydrogens is 682 g/mol. The van der Waals surface area contributed by atoms with E-state index in [-0.39, 0.29) is 16.0 Å². The second-order valence-electron chi connectivity index (χ2n) is 11.3. The summed E-state index contributed by atoms with van der Waals surface area (Å²) in [4.78, 5) is 46.3. The number of benzene rings is 5. The van der Waals surface area contributed by atoms with E-state index in [2.05, 4.69) is 5.43 Å². The molecule has 1 N–H and O–H groups in total. The number of aryl methyl sites for hydroxylation is 1. The molecule has 1 aliphatic heterocycles. The van der Waals surface area contributed by atoms with Crippen molar-refractivity contribution in [3.05, 3.63) is 169 Å². The number of halogens is 3. The van der Waals surface area contributed by atoms with Crippen LogP contribution in [0.3, 0.4) is 0 Å². The quantitative estimate of drug-likeness (QED) is 0.175. The van der Waals surface area contributed by atoms with E-state index >= 15 is 0 Å². The number of hydrazine groups is 1. The maximum atomic E-state index is 13.8. The van der Waals surface area contributed by atoms with Crippen molar-refractivity contribution < 1.29 is 14.0 Å². The van der Waals surface area contributed by atoms with Gasteiger partial charge in [0.2, 0.25) is 0 Å². The molecule has 1 fully saturated rings. The van der Waals surface area contributed by atoms with Gasteiger partial charge in [-0.05, 0) is 79.2 Å². The minimum atomic E-state index is -0.705. The third kappa shape index (κ3) is 6.36. The van der Waals surface area contributed by atoms with Gasteiger partial charge in [0.15, 0.2) is 0 Å². The van der Waals surface area contributed by atoms with Crippen molar-refractivity contribution in [2.45, 2.75) is 12.3 Å². The lowest BCUT2D eigenvalue weighted by Crippen LogP contribution is -2.44. The Balaban J connectivity index is 1.22. The zero-order valence-corrected chi connectivity index (χ0v) is 28.1. The number of nitrogens with zero attached hydrogens (tertiary/aromatic N) is 3. The Labute approximate surface area is 294 Å². The Morgan fingerprint density at radius 2 is 1.53 bits per heavy atom. The van der Waals surface area contributed by atoms with Crippen LogP contribution in [-0.4, -0.2) is 26.4 Å².